The number of amides is 1. The Morgan fingerprint density at radius 1 is 1.26 bits per heavy atom. The molecule has 1 aromatic heterocycles. The largest absolute Gasteiger partial charge is 0.328 e. The van der Waals surface area contributed by atoms with Crippen LogP contribution < -0.4 is 5.32 Å². The fourth-order valence-corrected chi connectivity index (χ4v) is 3.43. The Labute approximate surface area is 159 Å². The van der Waals surface area contributed by atoms with E-state index in [9.17, 15) is 14.9 Å². The van der Waals surface area contributed by atoms with Gasteiger partial charge < -0.3 is 9.88 Å². The molecule has 8 heteroatoms. The fraction of sp³-hybridized carbons (Fsp3) is 0.158. The Morgan fingerprint density at radius 2 is 2.11 bits per heavy atom. The second-order valence-corrected chi connectivity index (χ2v) is 6.68. The molecule has 0 saturated carbocycles. The summed E-state index contributed by atoms with van der Waals surface area (Å²) in [5, 5.41) is 13.8. The van der Waals surface area contributed by atoms with Crippen molar-refractivity contribution in [2.75, 3.05) is 5.32 Å². The zero-order valence-corrected chi connectivity index (χ0v) is 14.9. The molecule has 0 radical (unpaired) electrons. The number of hydrogen-bond donors (Lipinski definition) is 1. The standard InChI is InChI=1S/C19H15ClN4O3/c20-15-7-6-13(10-16(15)24(26)27)19(25)22-14-4-1-3-12(9-14)17-11-21-18-5-2-8-23(17)18/h1,3-4,6-7,9-11H,2,5,8H2,(H,22,25). The molecule has 1 N–H and O–H groups in total. The topological polar surface area (TPSA) is 90.1 Å². The highest BCUT2D eigenvalue weighted by Crippen LogP contribution is 2.28. The van der Waals surface area contributed by atoms with Crippen molar-refractivity contribution in [1.29, 1.82) is 0 Å². The first-order valence-electron chi connectivity index (χ1n) is 8.43. The van der Waals surface area contributed by atoms with Crippen molar-refractivity contribution in [2.24, 2.45) is 0 Å². The molecule has 1 aliphatic heterocycles. The van der Waals surface area contributed by atoms with Gasteiger partial charge in [0.05, 0.1) is 16.8 Å². The molecule has 3 aromatic rings. The molecule has 136 valence electrons. The highest BCUT2D eigenvalue weighted by molar-refractivity contribution is 6.32. The van der Waals surface area contributed by atoms with Gasteiger partial charge in [-0.05, 0) is 30.7 Å². The molecule has 2 heterocycles. The average molecular weight is 383 g/mol. The van der Waals surface area contributed by atoms with E-state index in [1.54, 1.807) is 6.07 Å². The SMILES string of the molecule is O=C(Nc1cccc(-c2cnc3n2CCC3)c1)c1ccc(Cl)c([N+](=O)[O-])c1. The average Bonchev–Trinajstić information content (AvgIpc) is 3.25. The van der Waals surface area contributed by atoms with Crippen LogP contribution in [0.5, 0.6) is 0 Å². The molecule has 2 aromatic carbocycles. The summed E-state index contributed by atoms with van der Waals surface area (Å²) in [5.74, 6) is 0.637. The third kappa shape index (κ3) is 3.29. The smallest absolute Gasteiger partial charge is 0.288 e. The van der Waals surface area contributed by atoms with E-state index in [0.29, 0.717) is 5.69 Å². The molecule has 0 aliphatic carbocycles. The summed E-state index contributed by atoms with van der Waals surface area (Å²) < 4.78 is 2.18. The number of carbonyl (C=O) groups is 1. The van der Waals surface area contributed by atoms with Crippen LogP contribution in [0.4, 0.5) is 11.4 Å². The molecule has 0 unspecified atom stereocenters. The number of fused-ring (bicyclic) bond motifs is 1. The highest BCUT2D eigenvalue weighted by atomic mass is 35.5. The summed E-state index contributed by atoms with van der Waals surface area (Å²) >= 11 is 5.80. The van der Waals surface area contributed by atoms with E-state index in [1.807, 2.05) is 24.4 Å². The van der Waals surface area contributed by atoms with Gasteiger partial charge in [0.2, 0.25) is 0 Å². The number of nitro benzene ring substituents is 1. The van der Waals surface area contributed by atoms with Crippen molar-refractivity contribution in [3.63, 3.8) is 0 Å². The maximum absolute atomic E-state index is 12.5. The molecule has 4 rings (SSSR count). The van der Waals surface area contributed by atoms with Crippen molar-refractivity contribution < 1.29 is 9.72 Å². The van der Waals surface area contributed by atoms with E-state index in [-0.39, 0.29) is 16.3 Å². The van der Waals surface area contributed by atoms with Crippen LogP contribution in [0.2, 0.25) is 5.02 Å². The number of imidazole rings is 1. The number of hydrogen-bond acceptors (Lipinski definition) is 4. The normalized spacial score (nSPS) is 12.6. The summed E-state index contributed by atoms with van der Waals surface area (Å²) in [6, 6.07) is 11.4. The third-order valence-corrected chi connectivity index (χ3v) is 4.86. The minimum Gasteiger partial charge on any atom is -0.328 e. The molecule has 0 atom stereocenters. The molecule has 7 nitrogen and oxygen atoms in total. The van der Waals surface area contributed by atoms with Crippen LogP contribution in [-0.4, -0.2) is 20.4 Å². The van der Waals surface area contributed by atoms with Gasteiger partial charge in [0, 0.05) is 35.8 Å². The van der Waals surface area contributed by atoms with Crippen LogP contribution in [0.25, 0.3) is 11.3 Å². The summed E-state index contributed by atoms with van der Waals surface area (Å²) in [6.45, 7) is 0.940. The number of aryl methyl sites for hydroxylation is 1. The Hall–Kier alpha value is -3.19. The van der Waals surface area contributed by atoms with Gasteiger partial charge >= 0.3 is 0 Å². The lowest BCUT2D eigenvalue weighted by Crippen LogP contribution is -2.12. The number of nitrogens with zero attached hydrogens (tertiary/aromatic N) is 3. The summed E-state index contributed by atoms with van der Waals surface area (Å²) in [5.41, 5.74) is 2.44. The highest BCUT2D eigenvalue weighted by Gasteiger charge is 2.18. The van der Waals surface area contributed by atoms with E-state index in [4.69, 9.17) is 11.6 Å². The minimum absolute atomic E-state index is 0.00636. The zero-order chi connectivity index (χ0) is 19.0. The second-order valence-electron chi connectivity index (χ2n) is 6.27. The van der Waals surface area contributed by atoms with Crippen LogP contribution in [0.15, 0.2) is 48.7 Å². The molecular formula is C19H15ClN4O3. The van der Waals surface area contributed by atoms with Crippen LogP contribution in [0.3, 0.4) is 0 Å². The Bertz CT molecular complexity index is 1060. The third-order valence-electron chi connectivity index (χ3n) is 4.54. The van der Waals surface area contributed by atoms with E-state index >= 15 is 0 Å². The number of benzene rings is 2. The predicted octanol–water partition coefficient (Wildman–Crippen LogP) is 4.31. The van der Waals surface area contributed by atoms with Gasteiger partial charge in [0.25, 0.3) is 11.6 Å². The number of rotatable bonds is 4. The van der Waals surface area contributed by atoms with Crippen LogP contribution >= 0.6 is 11.6 Å². The molecule has 0 fully saturated rings. The lowest BCUT2D eigenvalue weighted by atomic mass is 10.1. The molecule has 1 amide bonds. The van der Waals surface area contributed by atoms with Crippen LogP contribution in [0.1, 0.15) is 22.6 Å². The van der Waals surface area contributed by atoms with E-state index in [1.165, 1.54) is 18.2 Å². The molecule has 1 aliphatic rings. The summed E-state index contributed by atoms with van der Waals surface area (Å²) in [7, 11) is 0. The second kappa shape index (κ2) is 6.85. The number of halogens is 1. The fourth-order valence-electron chi connectivity index (χ4n) is 3.24. The molecule has 0 saturated heterocycles. The number of carbonyl (C=O) groups excluding carboxylic acids is 1. The van der Waals surface area contributed by atoms with Gasteiger partial charge in [-0.1, -0.05) is 23.7 Å². The monoisotopic (exact) mass is 382 g/mol. The van der Waals surface area contributed by atoms with Crippen molar-refractivity contribution in [2.45, 2.75) is 19.4 Å². The van der Waals surface area contributed by atoms with Crippen LogP contribution in [0, 0.1) is 10.1 Å². The summed E-state index contributed by atoms with van der Waals surface area (Å²) in [6.07, 6.45) is 3.91. The Balaban J connectivity index is 1.59. The lowest BCUT2D eigenvalue weighted by molar-refractivity contribution is -0.384. The van der Waals surface area contributed by atoms with Gasteiger partial charge in [-0.3, -0.25) is 14.9 Å². The maximum Gasteiger partial charge on any atom is 0.288 e. The molecule has 0 spiro atoms. The Morgan fingerprint density at radius 3 is 2.93 bits per heavy atom. The van der Waals surface area contributed by atoms with Gasteiger partial charge in [-0.25, -0.2) is 4.98 Å². The minimum atomic E-state index is -0.611. The number of nitrogens with one attached hydrogen (secondary N) is 1. The van der Waals surface area contributed by atoms with E-state index in [2.05, 4.69) is 14.9 Å². The number of aromatic nitrogens is 2. The van der Waals surface area contributed by atoms with Crippen molar-refractivity contribution in [3.8, 4) is 11.3 Å². The number of nitro groups is 1. The van der Waals surface area contributed by atoms with E-state index in [0.717, 1.165) is 36.5 Å². The van der Waals surface area contributed by atoms with E-state index < -0.39 is 10.8 Å². The van der Waals surface area contributed by atoms with Crippen molar-refractivity contribution >= 4 is 28.9 Å². The maximum atomic E-state index is 12.5. The molecular weight excluding hydrogens is 368 g/mol. The van der Waals surface area contributed by atoms with Crippen LogP contribution in [-0.2, 0) is 13.0 Å². The quantitative estimate of drug-likeness (QED) is 0.537. The summed E-state index contributed by atoms with van der Waals surface area (Å²) in [4.78, 5) is 27.3. The van der Waals surface area contributed by atoms with Gasteiger partial charge in [0.15, 0.2) is 0 Å². The zero-order valence-electron chi connectivity index (χ0n) is 14.2. The lowest BCUT2D eigenvalue weighted by Gasteiger charge is -2.09. The van der Waals surface area contributed by atoms with Gasteiger partial charge in [-0.2, -0.15) is 0 Å². The van der Waals surface area contributed by atoms with Gasteiger partial charge in [0.1, 0.15) is 10.8 Å². The first-order chi connectivity index (χ1) is 13.0. The first kappa shape index (κ1) is 17.2. The number of anilines is 1. The molecule has 0 bridgehead atoms. The predicted molar refractivity (Wildman–Crippen MR) is 102 cm³/mol. The molecule has 27 heavy (non-hydrogen) atoms. The Kier molecular flexibility index (Phi) is 4.37. The van der Waals surface area contributed by atoms with Gasteiger partial charge in [-0.15, -0.1) is 0 Å². The van der Waals surface area contributed by atoms with Crippen molar-refractivity contribution in [3.05, 3.63) is 75.2 Å². The van der Waals surface area contributed by atoms with Crippen molar-refractivity contribution in [1.82, 2.24) is 9.55 Å². The first-order valence-corrected chi connectivity index (χ1v) is 8.81.